The lowest BCUT2D eigenvalue weighted by Gasteiger charge is -2.11. The number of halogens is 1. The van der Waals surface area contributed by atoms with Crippen molar-refractivity contribution in [1.29, 1.82) is 0 Å². The van der Waals surface area contributed by atoms with E-state index in [1.807, 2.05) is 32.0 Å². The van der Waals surface area contributed by atoms with Crippen molar-refractivity contribution in [2.24, 2.45) is 0 Å². The summed E-state index contributed by atoms with van der Waals surface area (Å²) >= 11 is 0. The summed E-state index contributed by atoms with van der Waals surface area (Å²) in [5.41, 5.74) is 3.88. The lowest BCUT2D eigenvalue weighted by molar-refractivity contribution is 0.602. The molecule has 1 fully saturated rings. The summed E-state index contributed by atoms with van der Waals surface area (Å²) in [4.78, 5) is 0. The maximum absolute atomic E-state index is 14.5. The van der Waals surface area contributed by atoms with Gasteiger partial charge in [-0.05, 0) is 41.4 Å². The molecule has 2 aromatic carbocycles. The average Bonchev–Trinajstić information content (AvgIpc) is 3.23. The predicted octanol–water partition coefficient (Wildman–Crippen LogP) is 5.49. The molecule has 0 saturated heterocycles. The molecule has 0 bridgehead atoms. The van der Waals surface area contributed by atoms with E-state index in [0.29, 0.717) is 5.56 Å². The van der Waals surface area contributed by atoms with Crippen LogP contribution in [0, 0.1) is 5.82 Å². The minimum Gasteiger partial charge on any atom is -0.206 e. The van der Waals surface area contributed by atoms with Crippen LogP contribution in [0.3, 0.4) is 0 Å². The van der Waals surface area contributed by atoms with Gasteiger partial charge in [0.1, 0.15) is 5.82 Å². The summed E-state index contributed by atoms with van der Waals surface area (Å²) in [5, 5.41) is 0. The highest BCUT2D eigenvalue weighted by Crippen LogP contribution is 2.40. The first-order valence-electron chi connectivity index (χ1n) is 7.05. The SMILES string of the molecule is CC(C)c1cccc(-c2ccc(C3CC3)cc2)c1F. The van der Waals surface area contributed by atoms with E-state index < -0.39 is 0 Å². The Morgan fingerprint density at radius 3 is 2.26 bits per heavy atom. The molecule has 1 heteroatoms. The minimum absolute atomic E-state index is 0.0725. The fourth-order valence-corrected chi connectivity index (χ4v) is 2.57. The lowest BCUT2D eigenvalue weighted by Crippen LogP contribution is -1.95. The summed E-state index contributed by atoms with van der Waals surface area (Å²) in [7, 11) is 0. The second-order valence-corrected chi connectivity index (χ2v) is 5.76. The fourth-order valence-electron chi connectivity index (χ4n) is 2.57. The molecule has 0 aliphatic heterocycles. The zero-order valence-electron chi connectivity index (χ0n) is 11.5. The van der Waals surface area contributed by atoms with Crippen molar-refractivity contribution in [3.8, 4) is 11.1 Å². The number of rotatable bonds is 3. The molecule has 1 aliphatic rings. The Balaban J connectivity index is 1.99. The molecule has 0 N–H and O–H groups in total. The van der Waals surface area contributed by atoms with Gasteiger partial charge in [0, 0.05) is 5.56 Å². The van der Waals surface area contributed by atoms with E-state index in [2.05, 4.69) is 24.3 Å². The number of hydrogen-bond acceptors (Lipinski definition) is 0. The van der Waals surface area contributed by atoms with Gasteiger partial charge in [0.15, 0.2) is 0 Å². The lowest BCUT2D eigenvalue weighted by atomic mass is 9.95. The van der Waals surface area contributed by atoms with E-state index in [9.17, 15) is 4.39 Å². The van der Waals surface area contributed by atoms with Crippen molar-refractivity contribution >= 4 is 0 Å². The summed E-state index contributed by atoms with van der Waals surface area (Å²) in [6, 6.07) is 14.1. The third kappa shape index (κ3) is 2.42. The molecule has 98 valence electrons. The van der Waals surface area contributed by atoms with Crippen molar-refractivity contribution in [2.45, 2.75) is 38.5 Å². The van der Waals surface area contributed by atoms with Crippen LogP contribution < -0.4 is 0 Å². The minimum atomic E-state index is -0.0725. The molecule has 0 unspecified atom stereocenters. The van der Waals surface area contributed by atoms with Crippen LogP contribution in [0.5, 0.6) is 0 Å². The van der Waals surface area contributed by atoms with Crippen LogP contribution in [-0.4, -0.2) is 0 Å². The largest absolute Gasteiger partial charge is 0.206 e. The molecule has 0 radical (unpaired) electrons. The Labute approximate surface area is 114 Å². The molecule has 0 aromatic heterocycles. The van der Waals surface area contributed by atoms with Gasteiger partial charge in [0.05, 0.1) is 0 Å². The Morgan fingerprint density at radius 1 is 1.00 bits per heavy atom. The highest BCUT2D eigenvalue weighted by Gasteiger charge is 2.23. The molecule has 0 heterocycles. The van der Waals surface area contributed by atoms with Crippen LogP contribution >= 0.6 is 0 Å². The van der Waals surface area contributed by atoms with Crippen LogP contribution in [-0.2, 0) is 0 Å². The smallest absolute Gasteiger partial charge is 0.134 e. The number of hydrogen-bond donors (Lipinski definition) is 0. The van der Waals surface area contributed by atoms with E-state index in [-0.39, 0.29) is 11.7 Å². The van der Waals surface area contributed by atoms with Gasteiger partial charge in [-0.15, -0.1) is 0 Å². The Hall–Kier alpha value is -1.63. The third-order valence-electron chi connectivity index (χ3n) is 3.92. The van der Waals surface area contributed by atoms with Crippen molar-refractivity contribution in [1.82, 2.24) is 0 Å². The second kappa shape index (κ2) is 4.80. The van der Waals surface area contributed by atoms with E-state index in [1.165, 1.54) is 18.4 Å². The molecular weight excluding hydrogens is 235 g/mol. The van der Waals surface area contributed by atoms with Gasteiger partial charge < -0.3 is 0 Å². The van der Waals surface area contributed by atoms with E-state index >= 15 is 0 Å². The van der Waals surface area contributed by atoms with Crippen LogP contribution in [0.2, 0.25) is 0 Å². The molecule has 1 aliphatic carbocycles. The highest BCUT2D eigenvalue weighted by molar-refractivity contribution is 5.65. The highest BCUT2D eigenvalue weighted by atomic mass is 19.1. The van der Waals surface area contributed by atoms with Crippen molar-refractivity contribution in [3.05, 3.63) is 59.4 Å². The van der Waals surface area contributed by atoms with Gasteiger partial charge in [-0.25, -0.2) is 4.39 Å². The molecule has 1 saturated carbocycles. The maximum atomic E-state index is 14.5. The molecular formula is C18H19F. The summed E-state index contributed by atoms with van der Waals surface area (Å²) in [5.74, 6) is 0.892. The first-order chi connectivity index (χ1) is 9.16. The third-order valence-corrected chi connectivity index (χ3v) is 3.92. The van der Waals surface area contributed by atoms with Gasteiger partial charge in [0.25, 0.3) is 0 Å². The van der Waals surface area contributed by atoms with Crippen LogP contribution in [0.25, 0.3) is 11.1 Å². The van der Waals surface area contributed by atoms with Gasteiger partial charge in [-0.1, -0.05) is 56.3 Å². The Morgan fingerprint density at radius 2 is 1.68 bits per heavy atom. The molecule has 0 atom stereocenters. The van der Waals surface area contributed by atoms with Crippen LogP contribution in [0.15, 0.2) is 42.5 Å². The van der Waals surface area contributed by atoms with Crippen molar-refractivity contribution < 1.29 is 4.39 Å². The van der Waals surface area contributed by atoms with E-state index in [1.54, 1.807) is 0 Å². The zero-order chi connectivity index (χ0) is 13.4. The monoisotopic (exact) mass is 254 g/mol. The zero-order valence-corrected chi connectivity index (χ0v) is 11.5. The van der Waals surface area contributed by atoms with Crippen LogP contribution in [0.1, 0.15) is 49.7 Å². The Kier molecular flexibility index (Phi) is 3.14. The average molecular weight is 254 g/mol. The van der Waals surface area contributed by atoms with E-state index in [4.69, 9.17) is 0 Å². The molecule has 19 heavy (non-hydrogen) atoms. The molecule has 3 rings (SSSR count). The van der Waals surface area contributed by atoms with Gasteiger partial charge in [0.2, 0.25) is 0 Å². The predicted molar refractivity (Wildman–Crippen MR) is 77.9 cm³/mol. The van der Waals surface area contributed by atoms with Crippen molar-refractivity contribution in [2.75, 3.05) is 0 Å². The molecule has 2 aromatic rings. The molecule has 0 nitrogen and oxygen atoms in total. The summed E-state index contributed by atoms with van der Waals surface area (Å²) in [6.45, 7) is 4.05. The molecule has 0 spiro atoms. The summed E-state index contributed by atoms with van der Waals surface area (Å²) < 4.78 is 14.5. The molecule has 0 amide bonds. The van der Waals surface area contributed by atoms with Crippen molar-refractivity contribution in [3.63, 3.8) is 0 Å². The van der Waals surface area contributed by atoms with Gasteiger partial charge >= 0.3 is 0 Å². The first-order valence-corrected chi connectivity index (χ1v) is 7.05. The Bertz CT molecular complexity index is 577. The fraction of sp³-hybridized carbons (Fsp3) is 0.333. The maximum Gasteiger partial charge on any atom is 0.134 e. The van der Waals surface area contributed by atoms with Gasteiger partial charge in [-0.3, -0.25) is 0 Å². The first kappa shape index (κ1) is 12.4. The quantitative estimate of drug-likeness (QED) is 0.679. The number of benzene rings is 2. The topological polar surface area (TPSA) is 0 Å². The normalized spacial score (nSPS) is 14.9. The second-order valence-electron chi connectivity index (χ2n) is 5.76. The van der Waals surface area contributed by atoms with Crippen LogP contribution in [0.4, 0.5) is 4.39 Å². The van der Waals surface area contributed by atoms with Gasteiger partial charge in [-0.2, -0.15) is 0 Å². The van der Waals surface area contributed by atoms with E-state index in [0.717, 1.165) is 17.0 Å². The summed E-state index contributed by atoms with van der Waals surface area (Å²) in [6.07, 6.45) is 2.60. The standard InChI is InChI=1S/C18H19F/c1-12(2)16-4-3-5-17(18(16)19)15-10-8-14(9-11-15)13-6-7-13/h3-5,8-13H,6-7H2,1-2H3.